The van der Waals surface area contributed by atoms with E-state index in [4.69, 9.17) is 15.5 Å². The monoisotopic (exact) mass is 545 g/mol. The predicted octanol–water partition coefficient (Wildman–Crippen LogP) is 4.93. The fraction of sp³-hybridized carbons (Fsp3) is 0.545. The molecule has 7 nitrogen and oxygen atoms in total. The van der Waals surface area contributed by atoms with Crippen LogP contribution >= 0.6 is 0 Å². The number of benzene rings is 1. The number of hydrogen-bond donors (Lipinski definition) is 2. The van der Waals surface area contributed by atoms with Crippen LogP contribution in [0.4, 0.5) is 0 Å². The van der Waals surface area contributed by atoms with Crippen LogP contribution in [0.3, 0.4) is 0 Å². The number of unbranched alkanes of at least 4 members (excludes halogenated alkanes) is 1. The highest BCUT2D eigenvalue weighted by Gasteiger charge is 2.54. The van der Waals surface area contributed by atoms with Crippen LogP contribution in [0.15, 0.2) is 48.7 Å². The Morgan fingerprint density at radius 3 is 2.65 bits per heavy atom. The van der Waals surface area contributed by atoms with Gasteiger partial charge in [0.15, 0.2) is 5.60 Å². The fourth-order valence-corrected chi connectivity index (χ4v) is 6.54. The van der Waals surface area contributed by atoms with Gasteiger partial charge in [-0.15, -0.1) is 0 Å². The van der Waals surface area contributed by atoms with E-state index in [1.807, 2.05) is 24.4 Å². The number of nitrogens with zero attached hydrogens (tertiary/aromatic N) is 3. The second-order valence-corrected chi connectivity index (χ2v) is 12.6. The number of carbonyl (C=O) groups excluding carboxylic acids is 1. The molecule has 0 radical (unpaired) electrons. The number of pyridine rings is 2. The molecule has 2 aliphatic rings. The molecule has 7 heteroatoms. The minimum Gasteiger partial charge on any atom is -0.471 e. The largest absolute Gasteiger partial charge is 0.471 e. The molecular weight excluding hydrogens is 500 g/mol. The molecule has 1 aromatic carbocycles. The smallest absolute Gasteiger partial charge is 0.255 e. The summed E-state index contributed by atoms with van der Waals surface area (Å²) >= 11 is 0. The summed E-state index contributed by atoms with van der Waals surface area (Å²) < 4.78 is 6.74. The number of aryl methyl sites for hydroxylation is 1. The summed E-state index contributed by atoms with van der Waals surface area (Å²) in [7, 11) is 4.12. The second kappa shape index (κ2) is 11.8. The molecule has 2 fully saturated rings. The number of hydrogen-bond acceptors (Lipinski definition) is 5. The quantitative estimate of drug-likeness (QED) is 0.315. The number of aromatic nitrogens is 2. The molecule has 3 aromatic rings. The Bertz CT molecular complexity index is 1320. The molecule has 0 saturated heterocycles. The number of quaternary nitrogens is 1. The highest BCUT2D eigenvalue weighted by Crippen LogP contribution is 2.40. The summed E-state index contributed by atoms with van der Waals surface area (Å²) in [5.41, 5.74) is 7.70. The van der Waals surface area contributed by atoms with Gasteiger partial charge in [0.1, 0.15) is 19.2 Å². The first kappa shape index (κ1) is 28.5. The van der Waals surface area contributed by atoms with Crippen molar-refractivity contribution in [2.45, 2.75) is 82.3 Å². The lowest BCUT2D eigenvalue weighted by atomic mass is 9.71. The van der Waals surface area contributed by atoms with Crippen molar-refractivity contribution >= 4 is 16.7 Å². The van der Waals surface area contributed by atoms with Crippen molar-refractivity contribution in [3.8, 4) is 5.88 Å². The van der Waals surface area contributed by atoms with Gasteiger partial charge in [-0.25, -0.2) is 4.98 Å². The lowest BCUT2D eigenvalue weighted by molar-refractivity contribution is -0.922. The number of likely N-dealkylation sites (N-methyl/N-ethyl adjacent to an activating group) is 1. The van der Waals surface area contributed by atoms with E-state index in [9.17, 15) is 9.90 Å². The molecule has 0 aliphatic heterocycles. The van der Waals surface area contributed by atoms with Gasteiger partial charge >= 0.3 is 0 Å². The molecule has 1 unspecified atom stereocenters. The summed E-state index contributed by atoms with van der Waals surface area (Å²) in [4.78, 5) is 22.2. The van der Waals surface area contributed by atoms with Gasteiger partial charge in [0.2, 0.25) is 5.88 Å². The third-order valence-corrected chi connectivity index (χ3v) is 9.09. The molecule has 2 saturated carbocycles. The number of fused-ring (bicyclic) bond motifs is 1. The Morgan fingerprint density at radius 1 is 1.15 bits per heavy atom. The van der Waals surface area contributed by atoms with Gasteiger partial charge in [0, 0.05) is 35.3 Å². The van der Waals surface area contributed by atoms with E-state index in [2.05, 4.69) is 50.3 Å². The van der Waals surface area contributed by atoms with E-state index < -0.39 is 11.5 Å². The number of primary amides is 1. The van der Waals surface area contributed by atoms with Gasteiger partial charge in [-0.05, 0) is 80.0 Å². The van der Waals surface area contributed by atoms with Crippen LogP contribution in [-0.4, -0.2) is 64.4 Å². The molecular formula is C33H45N4O3+. The van der Waals surface area contributed by atoms with Crippen LogP contribution in [0.1, 0.15) is 74.7 Å². The SMILES string of the molecule is CCCCc1cc2ccccc2c(OCC[N+](C)(C)[C@H]2CCC(Cc3ccc(C4CC4)nc3)C[C@@]2(O)C(N)=O)n1. The zero-order valence-electron chi connectivity index (χ0n) is 24.3. The van der Waals surface area contributed by atoms with E-state index in [-0.39, 0.29) is 12.0 Å². The maximum Gasteiger partial charge on any atom is 0.255 e. The number of rotatable bonds is 12. The molecule has 0 spiro atoms. The summed E-state index contributed by atoms with van der Waals surface area (Å²) in [6, 6.07) is 14.3. The first-order chi connectivity index (χ1) is 19.2. The lowest BCUT2D eigenvalue weighted by Crippen LogP contribution is -2.68. The van der Waals surface area contributed by atoms with E-state index >= 15 is 0 Å². The molecule has 1 amide bonds. The first-order valence-electron chi connectivity index (χ1n) is 15.0. The van der Waals surface area contributed by atoms with Crippen LogP contribution in [-0.2, 0) is 17.6 Å². The molecule has 0 bridgehead atoms. The molecule has 2 aromatic heterocycles. The second-order valence-electron chi connectivity index (χ2n) is 12.6. The Morgan fingerprint density at radius 2 is 1.95 bits per heavy atom. The highest BCUT2D eigenvalue weighted by molar-refractivity contribution is 5.87. The van der Waals surface area contributed by atoms with Crippen LogP contribution in [0.25, 0.3) is 10.8 Å². The summed E-state index contributed by atoms with van der Waals surface area (Å²) in [6.07, 6.45) is 10.4. The summed E-state index contributed by atoms with van der Waals surface area (Å²) in [5.74, 6) is 0.833. The van der Waals surface area contributed by atoms with E-state index in [1.54, 1.807) is 0 Å². The summed E-state index contributed by atoms with van der Waals surface area (Å²) in [6.45, 7) is 3.23. The van der Waals surface area contributed by atoms with Gasteiger partial charge in [0.05, 0.1) is 14.1 Å². The normalized spacial score (nSPS) is 23.3. The maximum atomic E-state index is 12.7. The maximum absolute atomic E-state index is 12.7. The van der Waals surface area contributed by atoms with Gasteiger partial charge in [-0.1, -0.05) is 37.6 Å². The van der Waals surface area contributed by atoms with Crippen LogP contribution in [0, 0.1) is 5.92 Å². The third kappa shape index (κ3) is 6.31. The van der Waals surface area contributed by atoms with Crippen molar-refractivity contribution in [3.05, 3.63) is 65.6 Å². The number of nitrogens with two attached hydrogens (primary N) is 1. The van der Waals surface area contributed by atoms with E-state index in [0.717, 1.165) is 60.6 Å². The number of ether oxygens (including phenoxy) is 1. The van der Waals surface area contributed by atoms with Gasteiger partial charge in [-0.3, -0.25) is 9.78 Å². The van der Waals surface area contributed by atoms with Crippen molar-refractivity contribution in [3.63, 3.8) is 0 Å². The predicted molar refractivity (Wildman–Crippen MR) is 158 cm³/mol. The lowest BCUT2D eigenvalue weighted by Gasteiger charge is -2.49. The number of aliphatic hydroxyl groups is 1. The average molecular weight is 546 g/mol. The van der Waals surface area contributed by atoms with Crippen molar-refractivity contribution in [1.82, 2.24) is 9.97 Å². The van der Waals surface area contributed by atoms with E-state index in [1.165, 1.54) is 18.5 Å². The Labute approximate surface area is 238 Å². The van der Waals surface area contributed by atoms with Crippen molar-refractivity contribution in [1.29, 1.82) is 0 Å². The Hall–Kier alpha value is -3.03. The highest BCUT2D eigenvalue weighted by atomic mass is 16.5. The van der Waals surface area contributed by atoms with Crippen molar-refractivity contribution < 1.29 is 19.1 Å². The number of amides is 1. The third-order valence-electron chi connectivity index (χ3n) is 9.09. The van der Waals surface area contributed by atoms with Crippen molar-refractivity contribution in [2.24, 2.45) is 11.7 Å². The Kier molecular flexibility index (Phi) is 8.43. The van der Waals surface area contributed by atoms with Crippen molar-refractivity contribution in [2.75, 3.05) is 27.2 Å². The first-order valence-corrected chi connectivity index (χ1v) is 15.0. The van der Waals surface area contributed by atoms with Gasteiger partial charge in [0.25, 0.3) is 5.91 Å². The standard InChI is InChI=1S/C33H44N4O3/c1-4-5-9-27-20-26-8-6-7-10-28(26)31(36-27)40-18-17-37(2,3)30-16-12-23(21-33(30,39)32(34)38)19-24-11-15-29(35-22-24)25-13-14-25/h6-8,10-11,15,20,22-23,25,30,39H,4-5,9,12-14,16-19,21H2,1-3H3,(H-,34,38)/p+1/t23?,30-,33-/m0/s1. The average Bonchev–Trinajstić information content (AvgIpc) is 3.78. The topological polar surface area (TPSA) is 98.3 Å². The molecule has 40 heavy (non-hydrogen) atoms. The molecule has 214 valence electrons. The zero-order chi connectivity index (χ0) is 28.3. The van der Waals surface area contributed by atoms with Gasteiger partial charge < -0.3 is 20.1 Å². The van der Waals surface area contributed by atoms with E-state index in [0.29, 0.717) is 35.9 Å². The fourth-order valence-electron chi connectivity index (χ4n) is 6.54. The van der Waals surface area contributed by atoms with Crippen LogP contribution in [0.2, 0.25) is 0 Å². The number of carbonyl (C=O) groups is 1. The summed E-state index contributed by atoms with van der Waals surface area (Å²) in [5, 5.41) is 13.9. The molecule has 3 N–H and O–H groups in total. The van der Waals surface area contributed by atoms with Crippen LogP contribution < -0.4 is 10.5 Å². The zero-order valence-corrected chi connectivity index (χ0v) is 24.3. The molecule has 2 heterocycles. The molecule has 2 aliphatic carbocycles. The minimum atomic E-state index is -1.57. The molecule has 5 rings (SSSR count). The minimum absolute atomic E-state index is 0.181. The molecule has 3 atom stereocenters. The van der Waals surface area contributed by atoms with Gasteiger partial charge in [-0.2, -0.15) is 0 Å². The Balaban J connectivity index is 1.24. The van der Waals surface area contributed by atoms with Crippen LogP contribution in [0.5, 0.6) is 5.88 Å².